The third-order valence-electron chi connectivity index (χ3n) is 1.86. The molecule has 0 aliphatic rings. The zero-order valence-electron chi connectivity index (χ0n) is 7.02. The first-order valence-electron chi connectivity index (χ1n) is 3.66. The summed E-state index contributed by atoms with van der Waals surface area (Å²) in [5.41, 5.74) is 5.95. The van der Waals surface area contributed by atoms with E-state index >= 15 is 0 Å². The second-order valence-electron chi connectivity index (χ2n) is 2.64. The van der Waals surface area contributed by atoms with Gasteiger partial charge < -0.3 is 5.73 Å². The maximum absolute atomic E-state index is 12.5. The van der Waals surface area contributed by atoms with Crippen molar-refractivity contribution in [2.45, 2.75) is 19.2 Å². The van der Waals surface area contributed by atoms with E-state index in [1.807, 2.05) is 0 Å². The smallest absolute Gasteiger partial charge is 0.264 e. The summed E-state index contributed by atoms with van der Waals surface area (Å²) >= 11 is 5.49. The van der Waals surface area contributed by atoms with E-state index in [2.05, 4.69) is 4.98 Å². The molecule has 13 heavy (non-hydrogen) atoms. The molecule has 0 bridgehead atoms. The molecule has 0 amide bonds. The summed E-state index contributed by atoms with van der Waals surface area (Å²) in [6, 6.07) is 0. The highest BCUT2D eigenvalue weighted by Gasteiger charge is 2.17. The van der Waals surface area contributed by atoms with Crippen molar-refractivity contribution in [3.8, 4) is 0 Å². The molecule has 0 spiro atoms. The standard InChI is InChI=1S/C8H9ClF2N2/c1-4-6(7(10)11)5(2-9)3-13-8(4)12/h3,7H,2H2,1H3,(H2,12,13). The van der Waals surface area contributed by atoms with E-state index in [0.29, 0.717) is 11.1 Å². The molecule has 2 N–H and O–H groups in total. The molecule has 0 saturated carbocycles. The highest BCUT2D eigenvalue weighted by Crippen LogP contribution is 2.29. The zero-order chi connectivity index (χ0) is 10.0. The van der Waals surface area contributed by atoms with Crippen molar-refractivity contribution in [1.82, 2.24) is 4.98 Å². The number of alkyl halides is 3. The summed E-state index contributed by atoms with van der Waals surface area (Å²) in [6.07, 6.45) is -1.27. The lowest BCUT2D eigenvalue weighted by Crippen LogP contribution is -2.03. The molecule has 0 aliphatic heterocycles. The Labute approximate surface area is 79.7 Å². The van der Waals surface area contributed by atoms with Crippen molar-refractivity contribution in [2.75, 3.05) is 5.73 Å². The van der Waals surface area contributed by atoms with Gasteiger partial charge in [0, 0.05) is 23.2 Å². The maximum Gasteiger partial charge on any atom is 0.264 e. The number of nitrogens with two attached hydrogens (primary N) is 1. The first-order chi connectivity index (χ1) is 6.07. The molecule has 1 heterocycles. The number of halogens is 3. The lowest BCUT2D eigenvalue weighted by Gasteiger charge is -2.10. The number of aromatic nitrogens is 1. The Bertz CT molecular complexity index is 315. The van der Waals surface area contributed by atoms with Crippen LogP contribution in [-0.2, 0) is 5.88 Å². The molecular weight excluding hydrogens is 198 g/mol. The topological polar surface area (TPSA) is 38.9 Å². The van der Waals surface area contributed by atoms with Crippen molar-refractivity contribution in [3.63, 3.8) is 0 Å². The predicted octanol–water partition coefficient (Wildman–Crippen LogP) is 2.65. The molecule has 5 heteroatoms. The fourth-order valence-corrected chi connectivity index (χ4v) is 1.32. The first-order valence-corrected chi connectivity index (χ1v) is 4.19. The molecule has 0 aliphatic carbocycles. The van der Waals surface area contributed by atoms with Crippen LogP contribution in [0.25, 0.3) is 0 Å². The summed E-state index contributed by atoms with van der Waals surface area (Å²) in [7, 11) is 0. The lowest BCUT2D eigenvalue weighted by molar-refractivity contribution is 0.149. The monoisotopic (exact) mass is 206 g/mol. The third kappa shape index (κ3) is 1.88. The Morgan fingerprint density at radius 3 is 2.69 bits per heavy atom. The van der Waals surface area contributed by atoms with Crippen molar-refractivity contribution < 1.29 is 8.78 Å². The van der Waals surface area contributed by atoms with E-state index in [1.54, 1.807) is 0 Å². The summed E-state index contributed by atoms with van der Waals surface area (Å²) in [5.74, 6) is 0.150. The minimum absolute atomic E-state index is 0.0216. The average Bonchev–Trinajstić information content (AvgIpc) is 2.08. The normalized spacial score (nSPS) is 10.8. The lowest BCUT2D eigenvalue weighted by atomic mass is 10.1. The van der Waals surface area contributed by atoms with E-state index in [-0.39, 0.29) is 17.3 Å². The summed E-state index contributed by atoms with van der Waals surface area (Å²) in [4.78, 5) is 3.75. The highest BCUT2D eigenvalue weighted by atomic mass is 35.5. The molecule has 0 atom stereocenters. The van der Waals surface area contributed by atoms with Gasteiger partial charge in [-0.1, -0.05) is 0 Å². The quantitative estimate of drug-likeness (QED) is 0.756. The van der Waals surface area contributed by atoms with Crippen molar-refractivity contribution in [1.29, 1.82) is 0 Å². The molecule has 0 fully saturated rings. The van der Waals surface area contributed by atoms with Gasteiger partial charge in [-0.05, 0) is 12.5 Å². The van der Waals surface area contributed by atoms with Gasteiger partial charge in [0.05, 0.1) is 0 Å². The van der Waals surface area contributed by atoms with Crippen molar-refractivity contribution in [3.05, 3.63) is 22.9 Å². The molecular formula is C8H9ClF2N2. The summed E-state index contributed by atoms with van der Waals surface area (Å²) < 4.78 is 25.0. The Morgan fingerprint density at radius 1 is 1.62 bits per heavy atom. The van der Waals surface area contributed by atoms with Crippen LogP contribution in [-0.4, -0.2) is 4.98 Å². The third-order valence-corrected chi connectivity index (χ3v) is 2.14. The number of hydrogen-bond donors (Lipinski definition) is 1. The fourth-order valence-electron chi connectivity index (χ4n) is 1.10. The van der Waals surface area contributed by atoms with E-state index in [9.17, 15) is 8.78 Å². The first kappa shape index (κ1) is 10.2. The Kier molecular flexibility index (Phi) is 3.03. The molecule has 1 aromatic rings. The second kappa shape index (κ2) is 3.87. The predicted molar refractivity (Wildman–Crippen MR) is 47.9 cm³/mol. The molecule has 0 saturated heterocycles. The van der Waals surface area contributed by atoms with Crippen LogP contribution in [0.3, 0.4) is 0 Å². The van der Waals surface area contributed by atoms with Crippen LogP contribution in [0.5, 0.6) is 0 Å². The van der Waals surface area contributed by atoms with Gasteiger partial charge in [-0.2, -0.15) is 0 Å². The number of rotatable bonds is 2. The fraction of sp³-hybridized carbons (Fsp3) is 0.375. The van der Waals surface area contributed by atoms with E-state index in [1.165, 1.54) is 13.1 Å². The largest absolute Gasteiger partial charge is 0.383 e. The van der Waals surface area contributed by atoms with Crippen molar-refractivity contribution in [2.24, 2.45) is 0 Å². The SMILES string of the molecule is Cc1c(N)ncc(CCl)c1C(F)F. The van der Waals surface area contributed by atoms with Gasteiger partial charge >= 0.3 is 0 Å². The van der Waals surface area contributed by atoms with E-state index in [4.69, 9.17) is 17.3 Å². The van der Waals surface area contributed by atoms with Crippen LogP contribution in [0.1, 0.15) is 23.1 Å². The van der Waals surface area contributed by atoms with Crippen LogP contribution in [0.15, 0.2) is 6.20 Å². The molecule has 0 radical (unpaired) electrons. The average molecular weight is 207 g/mol. The second-order valence-corrected chi connectivity index (χ2v) is 2.91. The number of nitrogens with zero attached hydrogens (tertiary/aromatic N) is 1. The minimum atomic E-state index is -2.56. The van der Waals surface area contributed by atoms with Gasteiger partial charge in [0.15, 0.2) is 0 Å². The van der Waals surface area contributed by atoms with Gasteiger partial charge in [-0.3, -0.25) is 0 Å². The number of anilines is 1. The van der Waals surface area contributed by atoms with Crippen LogP contribution < -0.4 is 5.73 Å². The summed E-state index contributed by atoms with van der Waals surface area (Å²) in [5, 5.41) is 0. The Hall–Kier alpha value is -0.900. The number of hydrogen-bond acceptors (Lipinski definition) is 2. The van der Waals surface area contributed by atoms with Gasteiger partial charge in [0.2, 0.25) is 0 Å². The summed E-state index contributed by atoms with van der Waals surface area (Å²) in [6.45, 7) is 1.51. The molecule has 0 unspecified atom stereocenters. The Balaban J connectivity index is 3.32. The molecule has 1 aromatic heterocycles. The van der Waals surface area contributed by atoms with Crippen LogP contribution in [0, 0.1) is 6.92 Å². The molecule has 72 valence electrons. The van der Waals surface area contributed by atoms with Gasteiger partial charge in [0.25, 0.3) is 6.43 Å². The molecule has 0 aromatic carbocycles. The highest BCUT2D eigenvalue weighted by molar-refractivity contribution is 6.17. The molecule has 2 nitrogen and oxygen atoms in total. The van der Waals surface area contributed by atoms with Crippen LogP contribution in [0.2, 0.25) is 0 Å². The van der Waals surface area contributed by atoms with Gasteiger partial charge in [-0.25, -0.2) is 13.8 Å². The number of pyridine rings is 1. The molecule has 1 rings (SSSR count). The van der Waals surface area contributed by atoms with Crippen molar-refractivity contribution >= 4 is 17.4 Å². The zero-order valence-corrected chi connectivity index (χ0v) is 7.78. The maximum atomic E-state index is 12.5. The Morgan fingerprint density at radius 2 is 2.23 bits per heavy atom. The van der Waals surface area contributed by atoms with Gasteiger partial charge in [0.1, 0.15) is 5.82 Å². The number of nitrogen functional groups attached to an aromatic ring is 1. The van der Waals surface area contributed by atoms with E-state index < -0.39 is 6.43 Å². The van der Waals surface area contributed by atoms with E-state index in [0.717, 1.165) is 0 Å². The van der Waals surface area contributed by atoms with Gasteiger partial charge in [-0.15, -0.1) is 11.6 Å². The minimum Gasteiger partial charge on any atom is -0.383 e. The van der Waals surface area contributed by atoms with Crippen LogP contribution in [0.4, 0.5) is 14.6 Å². The van der Waals surface area contributed by atoms with Crippen LogP contribution >= 0.6 is 11.6 Å².